The van der Waals surface area contributed by atoms with Crippen molar-refractivity contribution in [3.63, 3.8) is 0 Å². The molecule has 0 unspecified atom stereocenters. The van der Waals surface area contributed by atoms with E-state index in [1.807, 2.05) is 4.90 Å². The van der Waals surface area contributed by atoms with Crippen LogP contribution in [0.15, 0.2) is 48.5 Å². The summed E-state index contributed by atoms with van der Waals surface area (Å²) >= 11 is 0. The van der Waals surface area contributed by atoms with Gasteiger partial charge in [0.25, 0.3) is 5.91 Å². The van der Waals surface area contributed by atoms with E-state index in [4.69, 9.17) is 0 Å². The van der Waals surface area contributed by atoms with Gasteiger partial charge >= 0.3 is 6.18 Å². The number of anilines is 2. The number of halogens is 3. The third kappa shape index (κ3) is 4.13. The maximum absolute atomic E-state index is 13.1. The van der Waals surface area contributed by atoms with Crippen molar-refractivity contribution in [2.24, 2.45) is 0 Å². The first-order valence-electron chi connectivity index (χ1n) is 8.28. The van der Waals surface area contributed by atoms with Gasteiger partial charge in [-0.25, -0.2) is 0 Å². The number of amides is 1. The zero-order valence-electron chi connectivity index (χ0n) is 13.6. The van der Waals surface area contributed by atoms with E-state index in [1.54, 1.807) is 30.3 Å². The molecule has 6 heteroatoms. The molecule has 1 aliphatic heterocycles. The third-order valence-corrected chi connectivity index (χ3v) is 4.30. The Balaban J connectivity index is 1.94. The van der Waals surface area contributed by atoms with Crippen LogP contribution in [-0.4, -0.2) is 19.0 Å². The van der Waals surface area contributed by atoms with Crippen molar-refractivity contribution in [2.45, 2.75) is 25.4 Å². The Labute approximate surface area is 144 Å². The molecule has 1 fully saturated rings. The molecule has 0 saturated carbocycles. The molecule has 0 radical (unpaired) electrons. The molecule has 3 nitrogen and oxygen atoms in total. The van der Waals surface area contributed by atoms with Gasteiger partial charge in [0.15, 0.2) is 0 Å². The van der Waals surface area contributed by atoms with Gasteiger partial charge in [-0.2, -0.15) is 13.2 Å². The molecule has 1 amide bonds. The second-order valence-electron chi connectivity index (χ2n) is 6.10. The summed E-state index contributed by atoms with van der Waals surface area (Å²) in [5.41, 5.74) is 0.476. The summed E-state index contributed by atoms with van der Waals surface area (Å²) in [5, 5.41) is 2.66. The van der Waals surface area contributed by atoms with Crippen LogP contribution in [0.5, 0.6) is 0 Å². The van der Waals surface area contributed by atoms with Crippen LogP contribution in [0.1, 0.15) is 35.2 Å². The van der Waals surface area contributed by atoms with Crippen LogP contribution in [0, 0.1) is 0 Å². The summed E-state index contributed by atoms with van der Waals surface area (Å²) in [6, 6.07) is 12.0. The highest BCUT2D eigenvalue weighted by atomic mass is 19.4. The topological polar surface area (TPSA) is 32.3 Å². The van der Waals surface area contributed by atoms with E-state index in [-0.39, 0.29) is 5.69 Å². The first kappa shape index (κ1) is 17.3. The van der Waals surface area contributed by atoms with Crippen LogP contribution in [0.25, 0.3) is 0 Å². The number of nitrogens with one attached hydrogen (secondary N) is 1. The summed E-state index contributed by atoms with van der Waals surface area (Å²) in [4.78, 5) is 14.4. The van der Waals surface area contributed by atoms with E-state index in [2.05, 4.69) is 5.32 Å². The molecule has 1 saturated heterocycles. The number of piperidine rings is 1. The van der Waals surface area contributed by atoms with Crippen LogP contribution in [0.4, 0.5) is 24.5 Å². The normalized spacial score (nSPS) is 15.1. The molecule has 0 aliphatic carbocycles. The Kier molecular flexibility index (Phi) is 4.97. The Morgan fingerprint density at radius 3 is 2.28 bits per heavy atom. The van der Waals surface area contributed by atoms with E-state index < -0.39 is 17.6 Å². The lowest BCUT2D eigenvalue weighted by molar-refractivity contribution is -0.137. The third-order valence-electron chi connectivity index (χ3n) is 4.30. The number of rotatable bonds is 3. The second kappa shape index (κ2) is 7.17. The van der Waals surface area contributed by atoms with E-state index in [9.17, 15) is 18.0 Å². The molecule has 0 aromatic heterocycles. The minimum absolute atomic E-state index is 0.200. The number of hydrogen-bond donors (Lipinski definition) is 1. The van der Waals surface area contributed by atoms with Gasteiger partial charge in [0.2, 0.25) is 0 Å². The average molecular weight is 348 g/mol. The van der Waals surface area contributed by atoms with Gasteiger partial charge in [-0.05, 0) is 49.6 Å². The van der Waals surface area contributed by atoms with Gasteiger partial charge in [-0.3, -0.25) is 4.79 Å². The van der Waals surface area contributed by atoms with Crippen molar-refractivity contribution < 1.29 is 18.0 Å². The van der Waals surface area contributed by atoms with Gasteiger partial charge in [-0.1, -0.05) is 18.2 Å². The lowest BCUT2D eigenvalue weighted by Gasteiger charge is -2.31. The van der Waals surface area contributed by atoms with Crippen LogP contribution in [-0.2, 0) is 6.18 Å². The molecule has 2 aromatic carbocycles. The molecule has 3 rings (SSSR count). The molecule has 132 valence electrons. The number of benzene rings is 2. The molecule has 2 aromatic rings. The van der Waals surface area contributed by atoms with Crippen molar-refractivity contribution in [1.82, 2.24) is 0 Å². The molecule has 0 spiro atoms. The van der Waals surface area contributed by atoms with Gasteiger partial charge in [0, 0.05) is 18.7 Å². The highest BCUT2D eigenvalue weighted by Crippen LogP contribution is 2.36. The van der Waals surface area contributed by atoms with Crippen molar-refractivity contribution in [1.29, 1.82) is 0 Å². The summed E-state index contributed by atoms with van der Waals surface area (Å²) in [7, 11) is 0. The first-order valence-corrected chi connectivity index (χ1v) is 8.28. The number of carbonyl (C=O) groups excluding carboxylic acids is 1. The van der Waals surface area contributed by atoms with Gasteiger partial charge < -0.3 is 10.2 Å². The van der Waals surface area contributed by atoms with Crippen LogP contribution >= 0.6 is 0 Å². The maximum atomic E-state index is 13.1. The average Bonchev–Trinajstić information content (AvgIpc) is 2.62. The number of nitrogens with zero attached hydrogens (tertiary/aromatic N) is 1. The fourth-order valence-electron chi connectivity index (χ4n) is 3.01. The first-order chi connectivity index (χ1) is 11.9. The van der Waals surface area contributed by atoms with E-state index in [1.165, 1.54) is 6.07 Å². The Morgan fingerprint density at radius 1 is 0.960 bits per heavy atom. The molecule has 1 aliphatic rings. The lowest BCUT2D eigenvalue weighted by atomic mass is 10.1. The van der Waals surface area contributed by atoms with E-state index in [0.717, 1.165) is 44.5 Å². The fourth-order valence-corrected chi connectivity index (χ4v) is 3.01. The molecule has 1 N–H and O–H groups in total. The summed E-state index contributed by atoms with van der Waals surface area (Å²) in [5.74, 6) is -0.418. The standard InChI is InChI=1S/C19H19F3N2O/c20-19(21,22)15-9-10-17(24-11-5-2-6-12-24)16(13-15)23-18(25)14-7-3-1-4-8-14/h1,3-4,7-10,13H,2,5-6,11-12H2,(H,23,25). The van der Waals surface area contributed by atoms with E-state index >= 15 is 0 Å². The zero-order valence-corrected chi connectivity index (χ0v) is 13.6. The largest absolute Gasteiger partial charge is 0.416 e. The number of hydrogen-bond acceptors (Lipinski definition) is 2. The molecule has 1 heterocycles. The minimum atomic E-state index is -4.45. The number of alkyl halides is 3. The fraction of sp³-hybridized carbons (Fsp3) is 0.316. The van der Waals surface area contributed by atoms with Gasteiger partial charge in [0.05, 0.1) is 16.9 Å². The lowest BCUT2D eigenvalue weighted by Crippen LogP contribution is -2.30. The molecule has 0 bridgehead atoms. The predicted octanol–water partition coefficient (Wildman–Crippen LogP) is 4.95. The van der Waals surface area contributed by atoms with Crippen molar-refractivity contribution in [2.75, 3.05) is 23.3 Å². The van der Waals surface area contributed by atoms with Crippen molar-refractivity contribution >= 4 is 17.3 Å². The van der Waals surface area contributed by atoms with Crippen LogP contribution in [0.3, 0.4) is 0 Å². The molecule has 0 atom stereocenters. The van der Waals surface area contributed by atoms with Crippen molar-refractivity contribution in [3.05, 3.63) is 59.7 Å². The molecular weight excluding hydrogens is 329 g/mol. The predicted molar refractivity (Wildman–Crippen MR) is 91.9 cm³/mol. The summed E-state index contributed by atoms with van der Waals surface area (Å²) in [6.45, 7) is 1.55. The summed E-state index contributed by atoms with van der Waals surface area (Å²) in [6.07, 6.45) is -1.35. The minimum Gasteiger partial charge on any atom is -0.370 e. The van der Waals surface area contributed by atoms with E-state index in [0.29, 0.717) is 11.3 Å². The Morgan fingerprint density at radius 2 is 1.64 bits per heavy atom. The highest BCUT2D eigenvalue weighted by Gasteiger charge is 2.31. The Hall–Kier alpha value is -2.50. The number of carbonyl (C=O) groups is 1. The van der Waals surface area contributed by atoms with Gasteiger partial charge in [0.1, 0.15) is 0 Å². The van der Waals surface area contributed by atoms with Crippen LogP contribution < -0.4 is 10.2 Å². The highest BCUT2D eigenvalue weighted by molar-refractivity contribution is 6.06. The smallest absolute Gasteiger partial charge is 0.370 e. The SMILES string of the molecule is O=C(Nc1cc(C(F)(F)F)ccc1N1CCCCC1)c1ccccc1. The van der Waals surface area contributed by atoms with Crippen LogP contribution in [0.2, 0.25) is 0 Å². The molecule has 25 heavy (non-hydrogen) atoms. The monoisotopic (exact) mass is 348 g/mol. The van der Waals surface area contributed by atoms with Gasteiger partial charge in [-0.15, -0.1) is 0 Å². The quantitative estimate of drug-likeness (QED) is 0.851. The second-order valence-corrected chi connectivity index (χ2v) is 6.10. The van der Waals surface area contributed by atoms with Crippen molar-refractivity contribution in [3.8, 4) is 0 Å². The Bertz CT molecular complexity index is 738. The summed E-state index contributed by atoms with van der Waals surface area (Å²) < 4.78 is 39.2. The maximum Gasteiger partial charge on any atom is 0.416 e. The molecular formula is C19H19F3N2O. The zero-order chi connectivity index (χ0) is 17.9.